The lowest BCUT2D eigenvalue weighted by Gasteiger charge is -2.19. The van der Waals surface area contributed by atoms with Gasteiger partial charge in [0.25, 0.3) is 0 Å². The van der Waals surface area contributed by atoms with E-state index in [0.29, 0.717) is 18.3 Å². The van der Waals surface area contributed by atoms with Crippen LogP contribution in [0, 0.1) is 0 Å². The molecular weight excluding hydrogens is 344 g/mol. The summed E-state index contributed by atoms with van der Waals surface area (Å²) < 4.78 is 16.4. The van der Waals surface area contributed by atoms with Gasteiger partial charge in [0.1, 0.15) is 19.0 Å². The van der Waals surface area contributed by atoms with E-state index in [4.69, 9.17) is 26.1 Å². The van der Waals surface area contributed by atoms with Gasteiger partial charge in [-0.15, -0.1) is 0 Å². The average molecular weight is 364 g/mol. The smallest absolute Gasteiger partial charge is 0.170 e. The number of thioether (sulfide) groups is 1. The zero-order chi connectivity index (χ0) is 16.6. The molecule has 0 saturated heterocycles. The van der Waals surface area contributed by atoms with Crippen LogP contribution in [-0.4, -0.2) is 30.6 Å². The number of benzene rings is 1. The van der Waals surface area contributed by atoms with E-state index in [1.807, 2.05) is 42.1 Å². The van der Waals surface area contributed by atoms with Crippen LogP contribution >= 0.6 is 24.0 Å². The second-order valence-electron chi connectivity index (χ2n) is 5.22. The van der Waals surface area contributed by atoms with Gasteiger partial charge in [-0.3, -0.25) is 0 Å². The van der Waals surface area contributed by atoms with E-state index in [1.165, 1.54) is 0 Å². The zero-order valence-corrected chi connectivity index (χ0v) is 14.9. The first kappa shape index (κ1) is 17.0. The highest BCUT2D eigenvalue weighted by atomic mass is 32.2. The van der Waals surface area contributed by atoms with Crippen LogP contribution < -0.4 is 20.1 Å². The second-order valence-corrected chi connectivity index (χ2v) is 6.74. The Labute approximate surface area is 151 Å². The van der Waals surface area contributed by atoms with E-state index in [9.17, 15) is 0 Å². The van der Waals surface area contributed by atoms with Crippen molar-refractivity contribution in [3.63, 3.8) is 0 Å². The minimum atomic E-state index is 0.578. The Morgan fingerprint density at radius 2 is 2.04 bits per heavy atom. The molecule has 0 bridgehead atoms. The summed E-state index contributed by atoms with van der Waals surface area (Å²) in [6.07, 6.45) is 2.74. The molecule has 3 rings (SSSR count). The van der Waals surface area contributed by atoms with Crippen molar-refractivity contribution in [2.75, 3.05) is 30.8 Å². The summed E-state index contributed by atoms with van der Waals surface area (Å²) in [6, 6.07) is 9.64. The van der Waals surface area contributed by atoms with Gasteiger partial charge in [0.15, 0.2) is 16.6 Å². The SMILES string of the molecule is S=C(NCCCSCc1ccco1)Nc1ccc2c(c1)OCCO2. The van der Waals surface area contributed by atoms with Crippen LogP contribution in [0.5, 0.6) is 11.5 Å². The zero-order valence-electron chi connectivity index (χ0n) is 13.2. The quantitative estimate of drug-likeness (QED) is 0.574. The molecule has 0 spiro atoms. The van der Waals surface area contributed by atoms with Crippen LogP contribution in [-0.2, 0) is 5.75 Å². The van der Waals surface area contributed by atoms with Crippen LogP contribution in [0.3, 0.4) is 0 Å². The average Bonchev–Trinajstić information content (AvgIpc) is 3.11. The predicted molar refractivity (Wildman–Crippen MR) is 101 cm³/mol. The lowest BCUT2D eigenvalue weighted by atomic mass is 10.2. The lowest BCUT2D eigenvalue weighted by Crippen LogP contribution is -2.29. The lowest BCUT2D eigenvalue weighted by molar-refractivity contribution is 0.171. The molecule has 7 heteroatoms. The summed E-state index contributed by atoms with van der Waals surface area (Å²) >= 11 is 7.17. The molecule has 0 fully saturated rings. The number of hydrogen-bond donors (Lipinski definition) is 2. The molecule has 1 aromatic heterocycles. The Kier molecular flexibility index (Phi) is 6.26. The number of furan rings is 1. The maximum atomic E-state index is 5.56. The Hall–Kier alpha value is -1.86. The van der Waals surface area contributed by atoms with Gasteiger partial charge in [-0.1, -0.05) is 0 Å². The summed E-state index contributed by atoms with van der Waals surface area (Å²) in [7, 11) is 0. The predicted octanol–water partition coefficient (Wildman–Crippen LogP) is 3.66. The van der Waals surface area contributed by atoms with Crippen molar-refractivity contribution in [3.05, 3.63) is 42.4 Å². The first-order valence-corrected chi connectivity index (χ1v) is 9.42. The highest BCUT2D eigenvalue weighted by molar-refractivity contribution is 7.98. The number of nitrogens with one attached hydrogen (secondary N) is 2. The molecule has 2 aromatic rings. The summed E-state index contributed by atoms with van der Waals surface area (Å²) in [5.74, 6) is 4.51. The number of hydrogen-bond acceptors (Lipinski definition) is 5. The molecule has 0 radical (unpaired) electrons. The molecular formula is C17H20N2O3S2. The minimum Gasteiger partial charge on any atom is -0.486 e. The third kappa shape index (κ3) is 5.07. The first-order chi connectivity index (χ1) is 11.8. The molecule has 0 aliphatic carbocycles. The fraction of sp³-hybridized carbons (Fsp3) is 0.353. The van der Waals surface area contributed by atoms with E-state index in [-0.39, 0.29) is 0 Å². The molecule has 0 unspecified atom stereocenters. The Balaban J connectivity index is 1.32. The van der Waals surface area contributed by atoms with Crippen molar-refractivity contribution in [2.24, 2.45) is 0 Å². The third-order valence-corrected chi connectivity index (χ3v) is 4.69. The molecule has 1 aliphatic heterocycles. The van der Waals surface area contributed by atoms with E-state index in [2.05, 4.69) is 10.6 Å². The summed E-state index contributed by atoms with van der Waals surface area (Å²) in [5.41, 5.74) is 0.893. The molecule has 2 heterocycles. The van der Waals surface area contributed by atoms with Crippen molar-refractivity contribution in [1.82, 2.24) is 5.32 Å². The highest BCUT2D eigenvalue weighted by Crippen LogP contribution is 2.32. The van der Waals surface area contributed by atoms with Crippen LogP contribution in [0.15, 0.2) is 41.0 Å². The number of anilines is 1. The van der Waals surface area contributed by atoms with Crippen LogP contribution in [0.4, 0.5) is 5.69 Å². The van der Waals surface area contributed by atoms with Crippen molar-refractivity contribution in [2.45, 2.75) is 12.2 Å². The fourth-order valence-corrected chi connectivity index (χ4v) is 3.32. The molecule has 0 atom stereocenters. The minimum absolute atomic E-state index is 0.578. The normalized spacial score (nSPS) is 12.7. The highest BCUT2D eigenvalue weighted by Gasteiger charge is 2.11. The van der Waals surface area contributed by atoms with Crippen molar-refractivity contribution in [3.8, 4) is 11.5 Å². The molecule has 24 heavy (non-hydrogen) atoms. The van der Waals surface area contributed by atoms with Crippen molar-refractivity contribution >= 4 is 34.8 Å². The number of fused-ring (bicyclic) bond motifs is 1. The maximum absolute atomic E-state index is 5.56. The van der Waals surface area contributed by atoms with E-state index in [0.717, 1.165) is 47.4 Å². The van der Waals surface area contributed by atoms with Gasteiger partial charge in [-0.25, -0.2) is 0 Å². The second kappa shape index (κ2) is 8.84. The third-order valence-electron chi connectivity index (χ3n) is 3.38. The van der Waals surface area contributed by atoms with Gasteiger partial charge < -0.3 is 24.5 Å². The fourth-order valence-electron chi connectivity index (χ4n) is 2.24. The van der Waals surface area contributed by atoms with Crippen LogP contribution in [0.25, 0.3) is 0 Å². The molecule has 2 N–H and O–H groups in total. The van der Waals surface area contributed by atoms with Gasteiger partial charge >= 0.3 is 0 Å². The largest absolute Gasteiger partial charge is 0.486 e. The molecule has 128 valence electrons. The van der Waals surface area contributed by atoms with E-state index >= 15 is 0 Å². The van der Waals surface area contributed by atoms with Gasteiger partial charge in [0.2, 0.25) is 0 Å². The summed E-state index contributed by atoms with van der Waals surface area (Å²) in [6.45, 7) is 2.01. The molecule has 0 saturated carbocycles. The first-order valence-electron chi connectivity index (χ1n) is 7.86. The van der Waals surface area contributed by atoms with Crippen molar-refractivity contribution < 1.29 is 13.9 Å². The Morgan fingerprint density at radius 3 is 2.88 bits per heavy atom. The summed E-state index contributed by atoms with van der Waals surface area (Å²) in [5, 5.41) is 7.00. The monoisotopic (exact) mass is 364 g/mol. The number of rotatable bonds is 7. The van der Waals surface area contributed by atoms with Gasteiger partial charge in [0, 0.05) is 18.3 Å². The topological polar surface area (TPSA) is 55.7 Å². The Bertz CT molecular complexity index is 662. The number of thiocarbonyl (C=S) groups is 1. The van der Waals surface area contributed by atoms with Gasteiger partial charge in [-0.2, -0.15) is 11.8 Å². The van der Waals surface area contributed by atoms with E-state index < -0.39 is 0 Å². The molecule has 5 nitrogen and oxygen atoms in total. The van der Waals surface area contributed by atoms with Crippen LogP contribution in [0.1, 0.15) is 12.2 Å². The standard InChI is InChI=1S/C17H20N2O3S2/c23-17(18-6-2-10-24-12-14-3-1-7-20-14)19-13-4-5-15-16(11-13)22-9-8-21-15/h1,3-5,7,11H,2,6,8-10,12H2,(H2,18,19,23). The summed E-state index contributed by atoms with van der Waals surface area (Å²) in [4.78, 5) is 0. The van der Waals surface area contributed by atoms with E-state index in [1.54, 1.807) is 6.26 Å². The number of ether oxygens (including phenoxy) is 2. The van der Waals surface area contributed by atoms with Gasteiger partial charge in [0.05, 0.1) is 12.0 Å². The van der Waals surface area contributed by atoms with Crippen LogP contribution in [0.2, 0.25) is 0 Å². The van der Waals surface area contributed by atoms with Crippen molar-refractivity contribution in [1.29, 1.82) is 0 Å². The Morgan fingerprint density at radius 1 is 1.17 bits per heavy atom. The maximum Gasteiger partial charge on any atom is 0.170 e. The molecule has 1 aromatic carbocycles. The molecule has 1 aliphatic rings. The molecule has 0 amide bonds. The van der Waals surface area contributed by atoms with Gasteiger partial charge in [-0.05, 0) is 48.7 Å².